The van der Waals surface area contributed by atoms with Crippen LogP contribution in [-0.2, 0) is 9.53 Å². The Hall–Kier alpha value is -0.610. The highest BCUT2D eigenvalue weighted by Crippen LogP contribution is 2.11. The fourth-order valence-electron chi connectivity index (χ4n) is 1.11. The summed E-state index contributed by atoms with van der Waals surface area (Å²) < 4.78 is 4.99. The Morgan fingerprint density at radius 2 is 2.14 bits per heavy atom. The van der Waals surface area contributed by atoms with Crippen molar-refractivity contribution < 1.29 is 9.53 Å². The van der Waals surface area contributed by atoms with Gasteiger partial charge in [0.1, 0.15) is 0 Å². The number of carbonyl (C=O) groups is 1. The van der Waals surface area contributed by atoms with Gasteiger partial charge in [-0.05, 0) is 20.3 Å². The molecule has 0 heterocycles. The summed E-state index contributed by atoms with van der Waals surface area (Å²) in [5, 5.41) is 0. The van der Waals surface area contributed by atoms with Crippen molar-refractivity contribution in [2.45, 2.75) is 38.8 Å². The zero-order chi connectivity index (χ0) is 11.4. The molecule has 2 atom stereocenters. The van der Waals surface area contributed by atoms with Crippen LogP contribution in [0.2, 0.25) is 0 Å². The van der Waals surface area contributed by atoms with Crippen molar-refractivity contribution in [3.8, 4) is 0 Å². The zero-order valence-electron chi connectivity index (χ0n) is 9.83. The van der Waals surface area contributed by atoms with Crippen LogP contribution in [0.25, 0.3) is 0 Å². The Morgan fingerprint density at radius 3 is 2.50 bits per heavy atom. The van der Waals surface area contributed by atoms with Crippen molar-refractivity contribution in [2.75, 3.05) is 20.8 Å². The van der Waals surface area contributed by atoms with Gasteiger partial charge in [0.05, 0.1) is 18.2 Å². The van der Waals surface area contributed by atoms with Crippen molar-refractivity contribution in [3.63, 3.8) is 0 Å². The first-order chi connectivity index (χ1) is 6.36. The van der Waals surface area contributed by atoms with Crippen LogP contribution in [0.4, 0.5) is 0 Å². The second-order valence-electron chi connectivity index (χ2n) is 3.99. The average molecular weight is 202 g/mol. The van der Waals surface area contributed by atoms with Gasteiger partial charge in [-0.15, -0.1) is 0 Å². The molecule has 0 radical (unpaired) electrons. The summed E-state index contributed by atoms with van der Waals surface area (Å²) in [5.74, 6) is -0.0375. The minimum absolute atomic E-state index is 0.0375. The number of hydrogen-bond donors (Lipinski definition) is 1. The third kappa shape index (κ3) is 3.27. The molecule has 0 aliphatic rings. The normalized spacial score (nSPS) is 17.3. The van der Waals surface area contributed by atoms with E-state index in [-0.39, 0.29) is 11.9 Å². The quantitative estimate of drug-likeness (QED) is 0.710. The second-order valence-corrected chi connectivity index (χ2v) is 3.99. The molecule has 1 amide bonds. The number of carbonyl (C=O) groups excluding carboxylic acids is 1. The molecular weight excluding hydrogens is 180 g/mol. The van der Waals surface area contributed by atoms with Gasteiger partial charge < -0.3 is 15.4 Å². The molecule has 0 fully saturated rings. The number of hydrogen-bond acceptors (Lipinski definition) is 3. The minimum Gasteiger partial charge on any atom is -0.383 e. The molecule has 0 saturated heterocycles. The van der Waals surface area contributed by atoms with E-state index < -0.39 is 5.54 Å². The molecule has 84 valence electrons. The van der Waals surface area contributed by atoms with Crippen molar-refractivity contribution in [1.82, 2.24) is 4.90 Å². The summed E-state index contributed by atoms with van der Waals surface area (Å²) in [7, 11) is 3.38. The summed E-state index contributed by atoms with van der Waals surface area (Å²) in [6.07, 6.45) is 0.635. The van der Waals surface area contributed by atoms with E-state index >= 15 is 0 Å². The maximum atomic E-state index is 11.9. The van der Waals surface area contributed by atoms with Crippen molar-refractivity contribution in [3.05, 3.63) is 0 Å². The third-order valence-electron chi connectivity index (χ3n) is 2.61. The van der Waals surface area contributed by atoms with Crippen LogP contribution in [0.1, 0.15) is 27.2 Å². The lowest BCUT2D eigenvalue weighted by molar-refractivity contribution is -0.137. The number of nitrogens with two attached hydrogens (primary N) is 1. The van der Waals surface area contributed by atoms with Crippen LogP contribution in [0.15, 0.2) is 0 Å². The highest BCUT2D eigenvalue weighted by molar-refractivity contribution is 5.85. The molecule has 0 aromatic heterocycles. The Labute approximate surface area is 86.4 Å². The average Bonchev–Trinajstić information content (AvgIpc) is 2.15. The van der Waals surface area contributed by atoms with Gasteiger partial charge in [0.15, 0.2) is 0 Å². The van der Waals surface area contributed by atoms with Crippen LogP contribution in [-0.4, -0.2) is 43.2 Å². The number of amides is 1. The summed E-state index contributed by atoms with van der Waals surface area (Å²) in [5.41, 5.74) is 5.10. The highest BCUT2D eigenvalue weighted by Gasteiger charge is 2.30. The van der Waals surface area contributed by atoms with E-state index in [1.54, 1.807) is 26.0 Å². The third-order valence-corrected chi connectivity index (χ3v) is 2.61. The molecule has 0 aromatic carbocycles. The molecule has 0 saturated carbocycles. The first-order valence-electron chi connectivity index (χ1n) is 4.92. The van der Waals surface area contributed by atoms with Gasteiger partial charge in [0, 0.05) is 14.2 Å². The van der Waals surface area contributed by atoms with Crippen LogP contribution in [0, 0.1) is 0 Å². The van der Waals surface area contributed by atoms with E-state index in [1.807, 2.05) is 13.8 Å². The standard InChI is InChI=1S/C10H22N2O2/c1-6-10(3,11)9(13)12(4)8(2)7-14-5/h8H,6-7,11H2,1-5H3. The van der Waals surface area contributed by atoms with Gasteiger partial charge in [0.2, 0.25) is 5.91 Å². The Morgan fingerprint density at radius 1 is 1.64 bits per heavy atom. The van der Waals surface area contributed by atoms with E-state index in [0.29, 0.717) is 13.0 Å². The molecule has 2 N–H and O–H groups in total. The van der Waals surface area contributed by atoms with Crippen molar-refractivity contribution in [1.29, 1.82) is 0 Å². The number of rotatable bonds is 5. The highest BCUT2D eigenvalue weighted by atomic mass is 16.5. The topological polar surface area (TPSA) is 55.6 Å². The predicted molar refractivity (Wildman–Crippen MR) is 57.0 cm³/mol. The fourth-order valence-corrected chi connectivity index (χ4v) is 1.11. The summed E-state index contributed by atoms with van der Waals surface area (Å²) >= 11 is 0. The number of ether oxygens (including phenoxy) is 1. The van der Waals surface area contributed by atoms with E-state index in [1.165, 1.54) is 0 Å². The van der Waals surface area contributed by atoms with Gasteiger partial charge >= 0.3 is 0 Å². The molecule has 0 rings (SSSR count). The number of likely N-dealkylation sites (N-methyl/N-ethyl adjacent to an activating group) is 1. The Balaban J connectivity index is 4.38. The van der Waals surface area contributed by atoms with Gasteiger partial charge in [-0.2, -0.15) is 0 Å². The molecular formula is C10H22N2O2. The SMILES string of the molecule is CCC(C)(N)C(=O)N(C)C(C)COC. The molecule has 0 aliphatic heterocycles. The first kappa shape index (κ1) is 13.4. The Kier molecular flexibility index (Phi) is 5.08. The summed E-state index contributed by atoms with van der Waals surface area (Å²) in [6.45, 7) is 6.13. The molecule has 4 heteroatoms. The predicted octanol–water partition coefficient (Wildman–Crippen LogP) is 0.607. The zero-order valence-corrected chi connectivity index (χ0v) is 9.83. The van der Waals surface area contributed by atoms with Crippen LogP contribution < -0.4 is 5.73 Å². The van der Waals surface area contributed by atoms with Crippen LogP contribution in [0.3, 0.4) is 0 Å². The Bertz CT molecular complexity index is 193. The summed E-state index contributed by atoms with van der Waals surface area (Å²) in [4.78, 5) is 13.5. The van der Waals surface area contributed by atoms with E-state index in [2.05, 4.69) is 0 Å². The molecule has 14 heavy (non-hydrogen) atoms. The minimum atomic E-state index is -0.767. The molecule has 0 aliphatic carbocycles. The molecule has 0 bridgehead atoms. The van der Waals surface area contributed by atoms with Gasteiger partial charge in [-0.1, -0.05) is 6.92 Å². The monoisotopic (exact) mass is 202 g/mol. The lowest BCUT2D eigenvalue weighted by Gasteiger charge is -2.32. The second kappa shape index (κ2) is 5.32. The van der Waals surface area contributed by atoms with Crippen molar-refractivity contribution >= 4 is 5.91 Å². The van der Waals surface area contributed by atoms with Gasteiger partial charge in [0.25, 0.3) is 0 Å². The first-order valence-corrected chi connectivity index (χ1v) is 4.92. The number of methoxy groups -OCH3 is 1. The molecule has 2 unspecified atom stereocenters. The van der Waals surface area contributed by atoms with E-state index in [9.17, 15) is 4.79 Å². The van der Waals surface area contributed by atoms with E-state index in [0.717, 1.165) is 0 Å². The largest absolute Gasteiger partial charge is 0.383 e. The van der Waals surface area contributed by atoms with E-state index in [4.69, 9.17) is 10.5 Å². The molecule has 0 aromatic rings. The van der Waals surface area contributed by atoms with Crippen LogP contribution >= 0.6 is 0 Å². The fraction of sp³-hybridized carbons (Fsp3) is 0.900. The smallest absolute Gasteiger partial charge is 0.242 e. The maximum absolute atomic E-state index is 11.9. The van der Waals surface area contributed by atoms with Crippen LogP contribution in [0.5, 0.6) is 0 Å². The molecule has 0 spiro atoms. The van der Waals surface area contributed by atoms with Crippen molar-refractivity contribution in [2.24, 2.45) is 5.73 Å². The lowest BCUT2D eigenvalue weighted by atomic mass is 9.98. The lowest BCUT2D eigenvalue weighted by Crippen LogP contribution is -2.54. The summed E-state index contributed by atoms with van der Waals surface area (Å²) in [6, 6.07) is 0.0573. The molecule has 4 nitrogen and oxygen atoms in total. The maximum Gasteiger partial charge on any atom is 0.242 e. The van der Waals surface area contributed by atoms with Gasteiger partial charge in [-0.3, -0.25) is 4.79 Å². The number of nitrogens with zero attached hydrogens (tertiary/aromatic N) is 1. The van der Waals surface area contributed by atoms with Gasteiger partial charge in [-0.25, -0.2) is 0 Å².